The topological polar surface area (TPSA) is 83.5 Å². The molecule has 0 aromatic heterocycles. The Labute approximate surface area is 103 Å². The number of anilines is 1. The van der Waals surface area contributed by atoms with Crippen molar-refractivity contribution >= 4 is 22.6 Å². The lowest BCUT2D eigenvalue weighted by atomic mass is 10.0. The quantitative estimate of drug-likeness (QED) is 0.705. The second kappa shape index (κ2) is 6.00. The first kappa shape index (κ1) is 14.0. The van der Waals surface area contributed by atoms with Gasteiger partial charge in [0, 0.05) is 23.9 Å². The molecule has 0 heterocycles. The number of nitrogen functional groups attached to an aromatic ring is 1. The second-order valence-electron chi connectivity index (χ2n) is 3.59. The molecular weight excluding hydrogens is 245 g/mol. The van der Waals surface area contributed by atoms with Crippen LogP contribution in [0.4, 0.5) is 10.1 Å². The molecule has 0 amide bonds. The maximum Gasteiger partial charge on any atom is 0.185 e. The SMILES string of the molecule is CC(=O)SCC(O)C(O)c1ccc(F)cc1N. The Morgan fingerprint density at radius 3 is 2.71 bits per heavy atom. The van der Waals surface area contributed by atoms with E-state index in [0.717, 1.165) is 23.9 Å². The van der Waals surface area contributed by atoms with Crippen molar-refractivity contribution < 1.29 is 19.4 Å². The molecular formula is C11H14FNO3S. The number of aliphatic hydroxyl groups is 2. The van der Waals surface area contributed by atoms with Gasteiger partial charge in [0.15, 0.2) is 5.12 Å². The smallest absolute Gasteiger partial charge is 0.185 e. The molecule has 1 rings (SSSR count). The molecule has 0 radical (unpaired) electrons. The van der Waals surface area contributed by atoms with Crippen LogP contribution in [0.2, 0.25) is 0 Å². The minimum Gasteiger partial charge on any atom is -0.398 e. The first-order valence-corrected chi connectivity index (χ1v) is 5.94. The predicted molar refractivity (Wildman–Crippen MR) is 64.9 cm³/mol. The summed E-state index contributed by atoms with van der Waals surface area (Å²) in [5.41, 5.74) is 5.86. The molecule has 2 atom stereocenters. The molecule has 94 valence electrons. The monoisotopic (exact) mass is 259 g/mol. The highest BCUT2D eigenvalue weighted by Gasteiger charge is 2.21. The van der Waals surface area contributed by atoms with Gasteiger partial charge in [-0.05, 0) is 12.1 Å². The number of hydrogen-bond donors (Lipinski definition) is 3. The number of aliphatic hydroxyl groups excluding tert-OH is 2. The van der Waals surface area contributed by atoms with Gasteiger partial charge in [0.1, 0.15) is 11.9 Å². The van der Waals surface area contributed by atoms with Crippen LogP contribution in [-0.2, 0) is 4.79 Å². The van der Waals surface area contributed by atoms with Crippen LogP contribution in [0.5, 0.6) is 0 Å². The molecule has 0 aliphatic rings. The summed E-state index contributed by atoms with van der Waals surface area (Å²) in [6.07, 6.45) is -2.36. The van der Waals surface area contributed by atoms with Crippen molar-refractivity contribution in [2.75, 3.05) is 11.5 Å². The highest BCUT2D eigenvalue weighted by atomic mass is 32.2. The molecule has 0 fully saturated rings. The zero-order chi connectivity index (χ0) is 13.0. The Kier molecular flexibility index (Phi) is 4.92. The third kappa shape index (κ3) is 3.99. The van der Waals surface area contributed by atoms with Crippen molar-refractivity contribution in [3.63, 3.8) is 0 Å². The van der Waals surface area contributed by atoms with Crippen molar-refractivity contribution in [2.24, 2.45) is 0 Å². The number of rotatable bonds is 4. The number of hydrogen-bond acceptors (Lipinski definition) is 5. The summed E-state index contributed by atoms with van der Waals surface area (Å²) in [5.74, 6) is -0.445. The van der Waals surface area contributed by atoms with E-state index in [4.69, 9.17) is 5.73 Å². The van der Waals surface area contributed by atoms with Gasteiger partial charge in [-0.3, -0.25) is 4.79 Å². The lowest BCUT2D eigenvalue weighted by Gasteiger charge is -2.18. The van der Waals surface area contributed by atoms with Crippen LogP contribution < -0.4 is 5.73 Å². The van der Waals surface area contributed by atoms with Gasteiger partial charge >= 0.3 is 0 Å². The van der Waals surface area contributed by atoms with Gasteiger partial charge in [0.2, 0.25) is 0 Å². The van der Waals surface area contributed by atoms with E-state index in [1.807, 2.05) is 0 Å². The van der Waals surface area contributed by atoms with Crippen LogP contribution >= 0.6 is 11.8 Å². The van der Waals surface area contributed by atoms with Crippen LogP contribution in [0.3, 0.4) is 0 Å². The molecule has 0 saturated heterocycles. The average molecular weight is 259 g/mol. The summed E-state index contributed by atoms with van der Waals surface area (Å²) in [6, 6.07) is 3.54. The molecule has 0 saturated carbocycles. The summed E-state index contributed by atoms with van der Waals surface area (Å²) in [4.78, 5) is 10.7. The van der Waals surface area contributed by atoms with Gasteiger partial charge in [0.05, 0.1) is 6.10 Å². The van der Waals surface area contributed by atoms with E-state index >= 15 is 0 Å². The van der Waals surface area contributed by atoms with Crippen molar-refractivity contribution in [3.05, 3.63) is 29.6 Å². The van der Waals surface area contributed by atoms with E-state index in [1.54, 1.807) is 0 Å². The van der Waals surface area contributed by atoms with Crippen LogP contribution in [0.15, 0.2) is 18.2 Å². The lowest BCUT2D eigenvalue weighted by molar-refractivity contribution is -0.109. The molecule has 17 heavy (non-hydrogen) atoms. The fraction of sp³-hybridized carbons (Fsp3) is 0.364. The number of nitrogens with two attached hydrogens (primary N) is 1. The number of halogens is 1. The van der Waals surface area contributed by atoms with E-state index in [0.29, 0.717) is 0 Å². The molecule has 0 aliphatic heterocycles. The third-order valence-electron chi connectivity index (χ3n) is 2.19. The summed E-state index contributed by atoms with van der Waals surface area (Å²) < 4.78 is 12.8. The predicted octanol–water partition coefficient (Wildman–Crippen LogP) is 1.08. The Morgan fingerprint density at radius 2 is 2.18 bits per heavy atom. The zero-order valence-corrected chi connectivity index (χ0v) is 10.1. The van der Waals surface area contributed by atoms with Gasteiger partial charge in [-0.1, -0.05) is 17.8 Å². The zero-order valence-electron chi connectivity index (χ0n) is 9.26. The van der Waals surface area contributed by atoms with Gasteiger partial charge in [-0.25, -0.2) is 4.39 Å². The van der Waals surface area contributed by atoms with Crippen LogP contribution in [0, 0.1) is 5.82 Å². The van der Waals surface area contributed by atoms with E-state index in [-0.39, 0.29) is 22.1 Å². The second-order valence-corrected chi connectivity index (χ2v) is 4.78. The van der Waals surface area contributed by atoms with Gasteiger partial charge in [0.25, 0.3) is 0 Å². The van der Waals surface area contributed by atoms with Gasteiger partial charge in [-0.2, -0.15) is 0 Å². The van der Waals surface area contributed by atoms with Crippen LogP contribution in [0.1, 0.15) is 18.6 Å². The molecule has 4 N–H and O–H groups in total. The number of thioether (sulfide) groups is 1. The van der Waals surface area contributed by atoms with E-state index in [1.165, 1.54) is 13.0 Å². The fourth-order valence-electron chi connectivity index (χ4n) is 1.32. The molecule has 0 spiro atoms. The van der Waals surface area contributed by atoms with E-state index in [2.05, 4.69) is 0 Å². The Hall–Kier alpha value is -1.11. The Bertz CT molecular complexity index is 414. The number of benzene rings is 1. The normalized spacial score (nSPS) is 14.4. The summed E-state index contributed by atoms with van der Waals surface area (Å²) in [6.45, 7) is 1.37. The maximum absolute atomic E-state index is 12.8. The third-order valence-corrected chi connectivity index (χ3v) is 3.10. The summed E-state index contributed by atoms with van der Waals surface area (Å²) in [7, 11) is 0. The van der Waals surface area contributed by atoms with Crippen LogP contribution in [-0.4, -0.2) is 27.2 Å². The largest absolute Gasteiger partial charge is 0.398 e. The number of carbonyl (C=O) groups is 1. The molecule has 6 heteroatoms. The Morgan fingerprint density at radius 1 is 1.53 bits per heavy atom. The van der Waals surface area contributed by atoms with Gasteiger partial charge < -0.3 is 15.9 Å². The van der Waals surface area contributed by atoms with Crippen LogP contribution in [0.25, 0.3) is 0 Å². The Balaban J connectivity index is 2.74. The minimum atomic E-state index is -1.23. The van der Waals surface area contributed by atoms with Gasteiger partial charge in [-0.15, -0.1) is 0 Å². The lowest BCUT2D eigenvalue weighted by Crippen LogP contribution is -2.22. The van der Waals surface area contributed by atoms with Crippen molar-refractivity contribution in [1.82, 2.24) is 0 Å². The number of carbonyl (C=O) groups excluding carboxylic acids is 1. The standard InChI is InChI=1S/C11H14FNO3S/c1-6(14)17-5-10(15)11(16)8-3-2-7(12)4-9(8)13/h2-4,10-11,15-16H,5,13H2,1H3. The van der Waals surface area contributed by atoms with Crippen molar-refractivity contribution in [2.45, 2.75) is 19.1 Å². The summed E-state index contributed by atoms with van der Waals surface area (Å²) in [5, 5.41) is 19.3. The molecule has 1 aromatic rings. The van der Waals surface area contributed by atoms with Crippen molar-refractivity contribution in [3.8, 4) is 0 Å². The summed E-state index contributed by atoms with van der Waals surface area (Å²) >= 11 is 0.908. The highest BCUT2D eigenvalue weighted by Crippen LogP contribution is 2.25. The first-order chi connectivity index (χ1) is 7.91. The maximum atomic E-state index is 12.8. The minimum absolute atomic E-state index is 0.0628. The average Bonchev–Trinajstić information content (AvgIpc) is 2.25. The van der Waals surface area contributed by atoms with Crippen molar-refractivity contribution in [1.29, 1.82) is 0 Å². The fourth-order valence-corrected chi connectivity index (χ4v) is 1.90. The molecule has 2 unspecified atom stereocenters. The molecule has 0 bridgehead atoms. The molecule has 1 aromatic carbocycles. The van der Waals surface area contributed by atoms with E-state index < -0.39 is 18.0 Å². The van der Waals surface area contributed by atoms with E-state index in [9.17, 15) is 19.4 Å². The molecule has 4 nitrogen and oxygen atoms in total. The first-order valence-electron chi connectivity index (χ1n) is 4.96. The molecule has 0 aliphatic carbocycles. The highest BCUT2D eigenvalue weighted by molar-refractivity contribution is 8.13.